The van der Waals surface area contributed by atoms with Gasteiger partial charge in [-0.05, 0) is 80.8 Å². The molecular weight excluding hydrogens is 589 g/mol. The fraction of sp³-hybridized carbons (Fsp3) is 0.467. The Morgan fingerprint density at radius 1 is 1.12 bits per heavy atom. The number of anilines is 3. The first-order valence-corrected chi connectivity index (χ1v) is 17.0. The van der Waals surface area contributed by atoms with Gasteiger partial charge in [0.05, 0.1) is 27.1 Å². The number of aromatic nitrogens is 2. The second-order valence-corrected chi connectivity index (χ2v) is 14.8. The maximum absolute atomic E-state index is 14.0. The van der Waals surface area contributed by atoms with Gasteiger partial charge in [0.2, 0.25) is 15.9 Å². The Kier molecular flexibility index (Phi) is 7.03. The first-order chi connectivity index (χ1) is 20.6. The molecule has 5 heterocycles. The van der Waals surface area contributed by atoms with E-state index < -0.39 is 16.1 Å². The largest absolute Gasteiger partial charge is 0.392 e. The lowest BCUT2D eigenvalue weighted by Crippen LogP contribution is -2.35. The lowest BCUT2D eigenvalue weighted by atomic mass is 10.0. The van der Waals surface area contributed by atoms with E-state index in [-0.39, 0.29) is 41.4 Å². The highest BCUT2D eigenvalue weighted by Gasteiger charge is 2.43. The first kappa shape index (κ1) is 28.4. The van der Waals surface area contributed by atoms with Gasteiger partial charge in [-0.3, -0.25) is 14.5 Å². The summed E-state index contributed by atoms with van der Waals surface area (Å²) in [4.78, 5) is 39.5. The number of nitrogens with one attached hydrogen (secondary N) is 1. The molecule has 2 aromatic heterocycles. The molecule has 2 saturated heterocycles. The molecule has 3 aliphatic heterocycles. The number of carbonyl (C=O) groups is 2. The Labute approximate surface area is 254 Å². The third-order valence-corrected chi connectivity index (χ3v) is 11.9. The van der Waals surface area contributed by atoms with E-state index in [0.29, 0.717) is 65.4 Å². The van der Waals surface area contributed by atoms with E-state index in [1.54, 1.807) is 15.9 Å². The molecule has 1 saturated carbocycles. The Morgan fingerprint density at radius 2 is 1.93 bits per heavy atom. The van der Waals surface area contributed by atoms with E-state index in [9.17, 15) is 23.1 Å². The van der Waals surface area contributed by atoms with Crippen molar-refractivity contribution in [3.63, 3.8) is 0 Å². The van der Waals surface area contributed by atoms with Crippen molar-refractivity contribution in [2.24, 2.45) is 5.92 Å². The number of β-amino-alcohol motifs (C(OH)–C–C–N with tert-alkyl or cyclic N) is 1. The second-order valence-electron chi connectivity index (χ2n) is 11.9. The van der Waals surface area contributed by atoms with E-state index in [0.717, 1.165) is 24.1 Å². The second kappa shape index (κ2) is 10.7. The normalized spacial score (nSPS) is 21.6. The van der Waals surface area contributed by atoms with Gasteiger partial charge >= 0.3 is 0 Å². The number of amides is 2. The number of aliphatic hydroxyl groups excluding tert-OH is 1. The number of fused-ring (bicyclic) bond motifs is 1. The SMILES string of the molecule is Cc1nc(Nc2cccc(N3CCCC3=O)n2)sc1-c1cc2c(c(S(=O)(=O)N3CCC(O)C3)c1)C(=O)N(C(C)C1CC1)C2. The van der Waals surface area contributed by atoms with Gasteiger partial charge in [0, 0.05) is 38.6 Å². The molecule has 13 heteroatoms. The molecule has 3 fully saturated rings. The molecule has 7 rings (SSSR count). The zero-order valence-electron chi connectivity index (χ0n) is 24.1. The summed E-state index contributed by atoms with van der Waals surface area (Å²) in [6.07, 6.45) is 3.13. The lowest BCUT2D eigenvalue weighted by Gasteiger charge is -2.24. The summed E-state index contributed by atoms with van der Waals surface area (Å²) in [5.74, 6) is 1.41. The fourth-order valence-electron chi connectivity index (χ4n) is 6.37. The van der Waals surface area contributed by atoms with Crippen LogP contribution in [0.3, 0.4) is 0 Å². The predicted molar refractivity (Wildman–Crippen MR) is 163 cm³/mol. The van der Waals surface area contributed by atoms with Crippen molar-refractivity contribution in [1.82, 2.24) is 19.2 Å². The number of rotatable bonds is 8. The molecule has 2 N–H and O–H groups in total. The van der Waals surface area contributed by atoms with E-state index in [4.69, 9.17) is 4.98 Å². The highest BCUT2D eigenvalue weighted by molar-refractivity contribution is 7.89. The van der Waals surface area contributed by atoms with Gasteiger partial charge < -0.3 is 15.3 Å². The molecule has 1 aromatic carbocycles. The maximum atomic E-state index is 14.0. The number of hydrogen-bond acceptors (Lipinski definition) is 9. The van der Waals surface area contributed by atoms with E-state index in [2.05, 4.69) is 10.3 Å². The van der Waals surface area contributed by atoms with Gasteiger partial charge in [-0.1, -0.05) is 17.4 Å². The van der Waals surface area contributed by atoms with Crippen molar-refractivity contribution >= 4 is 49.9 Å². The zero-order chi connectivity index (χ0) is 30.0. The van der Waals surface area contributed by atoms with Crippen LogP contribution in [-0.4, -0.2) is 76.3 Å². The van der Waals surface area contributed by atoms with Crippen LogP contribution in [0.5, 0.6) is 0 Å². The lowest BCUT2D eigenvalue weighted by molar-refractivity contribution is -0.117. The van der Waals surface area contributed by atoms with Crippen molar-refractivity contribution in [2.75, 3.05) is 29.9 Å². The number of carbonyl (C=O) groups excluding carboxylic acids is 2. The third-order valence-electron chi connectivity index (χ3n) is 8.92. The molecule has 226 valence electrons. The number of thiazole rings is 1. The van der Waals surface area contributed by atoms with Gasteiger partial charge in [-0.2, -0.15) is 4.31 Å². The van der Waals surface area contributed by atoms with Crippen molar-refractivity contribution in [1.29, 1.82) is 0 Å². The number of pyridine rings is 1. The minimum Gasteiger partial charge on any atom is -0.392 e. The fourth-order valence-corrected chi connectivity index (χ4v) is 9.07. The molecular formula is C30H34N6O5S2. The van der Waals surface area contributed by atoms with Crippen LogP contribution in [0, 0.1) is 12.8 Å². The Morgan fingerprint density at radius 3 is 2.63 bits per heavy atom. The summed E-state index contributed by atoms with van der Waals surface area (Å²) in [6, 6.07) is 9.03. The van der Waals surface area contributed by atoms with Crippen molar-refractivity contribution in [2.45, 2.75) is 69.5 Å². The molecule has 11 nitrogen and oxygen atoms in total. The molecule has 4 aliphatic rings. The summed E-state index contributed by atoms with van der Waals surface area (Å²) < 4.78 is 29.2. The van der Waals surface area contributed by atoms with Crippen LogP contribution < -0.4 is 10.2 Å². The molecule has 0 bridgehead atoms. The van der Waals surface area contributed by atoms with Gasteiger partial charge in [0.1, 0.15) is 11.6 Å². The minimum atomic E-state index is -4.03. The highest BCUT2D eigenvalue weighted by atomic mass is 32.2. The van der Waals surface area contributed by atoms with Crippen LogP contribution in [-0.2, 0) is 21.4 Å². The maximum Gasteiger partial charge on any atom is 0.256 e. The topological polar surface area (TPSA) is 136 Å². The zero-order valence-corrected chi connectivity index (χ0v) is 25.7. The first-order valence-electron chi connectivity index (χ1n) is 14.8. The van der Waals surface area contributed by atoms with Gasteiger partial charge in [0.15, 0.2) is 5.13 Å². The van der Waals surface area contributed by atoms with Crippen molar-refractivity contribution < 1.29 is 23.1 Å². The summed E-state index contributed by atoms with van der Waals surface area (Å²) in [6.45, 7) is 5.15. The molecule has 1 aliphatic carbocycles. The molecule has 0 spiro atoms. The molecule has 2 atom stereocenters. The molecule has 43 heavy (non-hydrogen) atoms. The summed E-state index contributed by atoms with van der Waals surface area (Å²) in [5, 5.41) is 13.9. The summed E-state index contributed by atoms with van der Waals surface area (Å²) in [7, 11) is -4.03. The van der Waals surface area contributed by atoms with Crippen LogP contribution in [0.4, 0.5) is 16.8 Å². The quantitative estimate of drug-likeness (QED) is 0.386. The van der Waals surface area contributed by atoms with Crippen LogP contribution in [0.15, 0.2) is 35.2 Å². The van der Waals surface area contributed by atoms with Crippen LogP contribution in [0.2, 0.25) is 0 Å². The Bertz CT molecular complexity index is 1740. The number of aryl methyl sites for hydroxylation is 1. The number of hydrogen-bond donors (Lipinski definition) is 2. The van der Waals surface area contributed by atoms with E-state index >= 15 is 0 Å². The van der Waals surface area contributed by atoms with Gasteiger partial charge in [-0.25, -0.2) is 18.4 Å². The smallest absolute Gasteiger partial charge is 0.256 e. The molecule has 3 aromatic rings. The summed E-state index contributed by atoms with van der Waals surface area (Å²) >= 11 is 1.38. The van der Waals surface area contributed by atoms with E-state index in [1.165, 1.54) is 15.6 Å². The Hall–Kier alpha value is -3.39. The Balaban J connectivity index is 1.25. The molecule has 0 radical (unpaired) electrons. The number of sulfonamides is 1. The van der Waals surface area contributed by atoms with Crippen LogP contribution in [0.25, 0.3) is 10.4 Å². The van der Waals surface area contributed by atoms with E-state index in [1.807, 2.05) is 38.1 Å². The average Bonchev–Trinajstić information content (AvgIpc) is 3.22. The monoisotopic (exact) mass is 622 g/mol. The highest BCUT2D eigenvalue weighted by Crippen LogP contribution is 2.43. The minimum absolute atomic E-state index is 0.00319. The summed E-state index contributed by atoms with van der Waals surface area (Å²) in [5.41, 5.74) is 2.33. The van der Waals surface area contributed by atoms with Crippen molar-refractivity contribution in [3.05, 3.63) is 47.2 Å². The van der Waals surface area contributed by atoms with Crippen LogP contribution >= 0.6 is 11.3 Å². The standard InChI is InChI=1S/C30H34N6O5S2/c1-17-28(42-30(31-17)33-24-5-3-6-25(32-24)35-11-4-7-26(35)38)20-13-21-15-36(18(2)19-8-9-19)29(39)27(21)23(14-20)43(40,41)34-12-10-22(37)16-34/h3,5-6,13-14,18-19,22,37H,4,7-12,15-16H2,1-2H3,(H,31,32,33). The average molecular weight is 623 g/mol. The number of benzene rings is 1. The number of aliphatic hydroxyl groups is 1. The van der Waals surface area contributed by atoms with Gasteiger partial charge in [-0.15, -0.1) is 0 Å². The molecule has 2 unspecified atom stereocenters. The molecule has 2 amide bonds. The third kappa shape index (κ3) is 5.11. The van der Waals surface area contributed by atoms with Crippen LogP contribution in [0.1, 0.15) is 60.6 Å². The number of nitrogens with zero attached hydrogens (tertiary/aromatic N) is 5. The predicted octanol–water partition coefficient (Wildman–Crippen LogP) is 3.89. The van der Waals surface area contributed by atoms with Gasteiger partial charge in [0.25, 0.3) is 5.91 Å². The van der Waals surface area contributed by atoms with Crippen molar-refractivity contribution in [3.8, 4) is 10.4 Å².